The van der Waals surface area contributed by atoms with Crippen molar-refractivity contribution in [1.82, 2.24) is 5.32 Å². The molecule has 0 aromatic carbocycles. The van der Waals surface area contributed by atoms with Gasteiger partial charge in [-0.2, -0.15) is 0 Å². The standard InChI is InChI=1S/C12H23NO/c1-3-14-12(10-6-7-10)11(13-2)8-9-4-5-9/h9-13H,3-8H2,1-2H3. The lowest BCUT2D eigenvalue weighted by molar-refractivity contribution is 0.0175. The lowest BCUT2D eigenvalue weighted by atomic mass is 10.0. The molecular weight excluding hydrogens is 174 g/mol. The third kappa shape index (κ3) is 2.71. The molecule has 0 aromatic heterocycles. The van der Waals surface area contributed by atoms with Gasteiger partial charge in [0.15, 0.2) is 0 Å². The lowest BCUT2D eigenvalue weighted by Crippen LogP contribution is -2.41. The Morgan fingerprint density at radius 1 is 1.29 bits per heavy atom. The Kier molecular flexibility index (Phi) is 3.45. The van der Waals surface area contributed by atoms with E-state index in [2.05, 4.69) is 19.3 Å². The molecular formula is C12H23NO. The molecule has 0 radical (unpaired) electrons. The fourth-order valence-electron chi connectivity index (χ4n) is 2.33. The van der Waals surface area contributed by atoms with Gasteiger partial charge < -0.3 is 10.1 Å². The van der Waals surface area contributed by atoms with Crippen molar-refractivity contribution >= 4 is 0 Å². The van der Waals surface area contributed by atoms with Gasteiger partial charge in [-0.05, 0) is 45.1 Å². The molecule has 14 heavy (non-hydrogen) atoms. The van der Waals surface area contributed by atoms with E-state index < -0.39 is 0 Å². The van der Waals surface area contributed by atoms with E-state index in [1.54, 1.807) is 0 Å². The number of nitrogens with one attached hydrogen (secondary N) is 1. The van der Waals surface area contributed by atoms with Crippen LogP contribution in [0.2, 0.25) is 0 Å². The molecule has 2 heteroatoms. The Hall–Kier alpha value is -0.0800. The summed E-state index contributed by atoms with van der Waals surface area (Å²) in [7, 11) is 2.08. The van der Waals surface area contributed by atoms with Crippen LogP contribution in [0.15, 0.2) is 0 Å². The van der Waals surface area contributed by atoms with Gasteiger partial charge in [0.1, 0.15) is 0 Å². The van der Waals surface area contributed by atoms with Crippen molar-refractivity contribution in [2.24, 2.45) is 11.8 Å². The van der Waals surface area contributed by atoms with Gasteiger partial charge in [-0.3, -0.25) is 0 Å². The van der Waals surface area contributed by atoms with Crippen LogP contribution in [0.25, 0.3) is 0 Å². The second-order valence-corrected chi connectivity index (χ2v) is 4.83. The summed E-state index contributed by atoms with van der Waals surface area (Å²) in [5.74, 6) is 1.85. The van der Waals surface area contributed by atoms with Crippen molar-refractivity contribution in [2.45, 2.75) is 51.2 Å². The average molecular weight is 197 g/mol. The quantitative estimate of drug-likeness (QED) is 0.675. The molecule has 0 spiro atoms. The van der Waals surface area contributed by atoms with Crippen LogP contribution in [0, 0.1) is 11.8 Å². The van der Waals surface area contributed by atoms with Crippen LogP contribution >= 0.6 is 0 Å². The molecule has 2 atom stereocenters. The Morgan fingerprint density at radius 3 is 2.43 bits per heavy atom. The zero-order chi connectivity index (χ0) is 9.97. The highest BCUT2D eigenvalue weighted by Crippen LogP contribution is 2.40. The molecule has 2 aliphatic rings. The first-order chi connectivity index (χ1) is 6.85. The monoisotopic (exact) mass is 197 g/mol. The maximum Gasteiger partial charge on any atom is 0.0755 e. The van der Waals surface area contributed by atoms with E-state index in [0.29, 0.717) is 12.1 Å². The molecule has 0 bridgehead atoms. The highest BCUT2D eigenvalue weighted by molar-refractivity contribution is 4.92. The predicted octanol–water partition coefficient (Wildman–Crippen LogP) is 2.19. The lowest BCUT2D eigenvalue weighted by Gasteiger charge is -2.26. The van der Waals surface area contributed by atoms with Gasteiger partial charge in [0.2, 0.25) is 0 Å². The number of hydrogen-bond acceptors (Lipinski definition) is 2. The molecule has 0 amide bonds. The maximum absolute atomic E-state index is 5.89. The minimum atomic E-state index is 0.491. The minimum Gasteiger partial charge on any atom is -0.377 e. The summed E-state index contributed by atoms with van der Waals surface area (Å²) in [6, 6.07) is 0.606. The zero-order valence-electron chi connectivity index (χ0n) is 9.46. The fourth-order valence-corrected chi connectivity index (χ4v) is 2.33. The predicted molar refractivity (Wildman–Crippen MR) is 58.3 cm³/mol. The first-order valence-electron chi connectivity index (χ1n) is 6.14. The van der Waals surface area contributed by atoms with Crippen LogP contribution in [-0.2, 0) is 4.74 Å². The van der Waals surface area contributed by atoms with Crippen LogP contribution in [0.5, 0.6) is 0 Å². The van der Waals surface area contributed by atoms with E-state index in [4.69, 9.17) is 4.74 Å². The van der Waals surface area contributed by atoms with Crippen molar-refractivity contribution in [3.63, 3.8) is 0 Å². The Balaban J connectivity index is 1.83. The molecule has 2 rings (SSSR count). The van der Waals surface area contributed by atoms with Crippen molar-refractivity contribution in [1.29, 1.82) is 0 Å². The Bertz CT molecular complexity index is 175. The van der Waals surface area contributed by atoms with Crippen molar-refractivity contribution in [3.05, 3.63) is 0 Å². The van der Waals surface area contributed by atoms with E-state index in [9.17, 15) is 0 Å². The van der Waals surface area contributed by atoms with Crippen LogP contribution in [0.4, 0.5) is 0 Å². The highest BCUT2D eigenvalue weighted by atomic mass is 16.5. The van der Waals surface area contributed by atoms with E-state index in [-0.39, 0.29) is 0 Å². The van der Waals surface area contributed by atoms with E-state index >= 15 is 0 Å². The minimum absolute atomic E-state index is 0.491. The molecule has 2 aliphatic carbocycles. The van der Waals surface area contributed by atoms with Gasteiger partial charge in [-0.25, -0.2) is 0 Å². The molecule has 2 nitrogen and oxygen atoms in total. The highest BCUT2D eigenvalue weighted by Gasteiger charge is 2.38. The van der Waals surface area contributed by atoms with E-state index in [1.165, 1.54) is 32.1 Å². The third-order valence-corrected chi connectivity index (χ3v) is 3.50. The molecule has 2 fully saturated rings. The van der Waals surface area contributed by atoms with Crippen LogP contribution < -0.4 is 5.32 Å². The third-order valence-electron chi connectivity index (χ3n) is 3.50. The van der Waals surface area contributed by atoms with Gasteiger partial charge >= 0.3 is 0 Å². The van der Waals surface area contributed by atoms with Gasteiger partial charge in [0.25, 0.3) is 0 Å². The van der Waals surface area contributed by atoms with Crippen molar-refractivity contribution < 1.29 is 4.74 Å². The number of likely N-dealkylation sites (N-methyl/N-ethyl adjacent to an activating group) is 1. The average Bonchev–Trinajstić information content (AvgIpc) is 3.02. The number of rotatable bonds is 7. The van der Waals surface area contributed by atoms with E-state index in [1.807, 2.05) is 0 Å². The molecule has 0 aliphatic heterocycles. The Morgan fingerprint density at radius 2 is 2.00 bits per heavy atom. The smallest absolute Gasteiger partial charge is 0.0755 e. The van der Waals surface area contributed by atoms with Crippen molar-refractivity contribution in [2.75, 3.05) is 13.7 Å². The summed E-state index contributed by atoms with van der Waals surface area (Å²) in [5.41, 5.74) is 0. The topological polar surface area (TPSA) is 21.3 Å². The Labute approximate surface area is 87.4 Å². The SMILES string of the molecule is CCOC(C1CC1)C(CC1CC1)NC. The van der Waals surface area contributed by atoms with Crippen molar-refractivity contribution in [3.8, 4) is 0 Å². The van der Waals surface area contributed by atoms with Gasteiger partial charge in [-0.1, -0.05) is 12.8 Å². The molecule has 0 saturated heterocycles. The van der Waals surface area contributed by atoms with Gasteiger partial charge in [0, 0.05) is 12.6 Å². The molecule has 2 saturated carbocycles. The molecule has 82 valence electrons. The number of hydrogen-bond donors (Lipinski definition) is 1. The van der Waals surface area contributed by atoms with Crippen LogP contribution in [0.3, 0.4) is 0 Å². The maximum atomic E-state index is 5.89. The molecule has 1 N–H and O–H groups in total. The molecule has 2 unspecified atom stereocenters. The molecule has 0 heterocycles. The summed E-state index contributed by atoms with van der Waals surface area (Å²) >= 11 is 0. The summed E-state index contributed by atoms with van der Waals surface area (Å²) in [6.45, 7) is 2.98. The zero-order valence-corrected chi connectivity index (χ0v) is 9.46. The second-order valence-electron chi connectivity index (χ2n) is 4.83. The van der Waals surface area contributed by atoms with Crippen LogP contribution in [0.1, 0.15) is 39.0 Å². The first kappa shape index (κ1) is 10.4. The van der Waals surface area contributed by atoms with Gasteiger partial charge in [0.05, 0.1) is 6.10 Å². The largest absolute Gasteiger partial charge is 0.377 e. The summed E-state index contributed by atoms with van der Waals surface area (Å²) in [6.07, 6.45) is 7.48. The first-order valence-corrected chi connectivity index (χ1v) is 6.14. The van der Waals surface area contributed by atoms with E-state index in [0.717, 1.165) is 18.4 Å². The normalized spacial score (nSPS) is 26.1. The summed E-state index contributed by atoms with van der Waals surface area (Å²) in [4.78, 5) is 0. The fraction of sp³-hybridized carbons (Fsp3) is 1.00. The summed E-state index contributed by atoms with van der Waals surface area (Å²) in [5, 5.41) is 3.45. The van der Waals surface area contributed by atoms with Crippen LogP contribution in [-0.4, -0.2) is 25.8 Å². The molecule has 0 aromatic rings. The number of ether oxygens (including phenoxy) is 1. The van der Waals surface area contributed by atoms with Gasteiger partial charge in [-0.15, -0.1) is 0 Å². The second kappa shape index (κ2) is 4.63. The summed E-state index contributed by atoms with van der Waals surface area (Å²) < 4.78 is 5.89.